The molecule has 31 heavy (non-hydrogen) atoms. The van der Waals surface area contributed by atoms with Crippen LogP contribution in [-0.4, -0.2) is 29.7 Å². The highest BCUT2D eigenvalue weighted by Gasteiger charge is 2.42. The van der Waals surface area contributed by atoms with Crippen LogP contribution in [0, 0.1) is 17.8 Å². The summed E-state index contributed by atoms with van der Waals surface area (Å²) in [6.45, 7) is 3.92. The number of rotatable bonds is 4. The first-order valence-corrected chi connectivity index (χ1v) is 11.7. The van der Waals surface area contributed by atoms with Gasteiger partial charge in [-0.3, -0.25) is 15.2 Å². The SMILES string of the molecule is C[C@H]1C(C(=O)NN2CC3CCCC3C2)=NN(c2ccccc2Cl)[C@@H]1c1ccc(Cl)cc1. The minimum absolute atomic E-state index is 0.112. The molecule has 3 aliphatic rings. The van der Waals surface area contributed by atoms with Crippen molar-refractivity contribution in [2.45, 2.75) is 32.2 Å². The molecule has 5 nitrogen and oxygen atoms in total. The van der Waals surface area contributed by atoms with E-state index in [2.05, 4.69) is 10.4 Å². The van der Waals surface area contributed by atoms with Gasteiger partial charge in [0.25, 0.3) is 5.91 Å². The van der Waals surface area contributed by atoms with Crippen molar-refractivity contribution in [2.75, 3.05) is 18.1 Å². The molecule has 4 atom stereocenters. The molecule has 2 unspecified atom stereocenters. The lowest BCUT2D eigenvalue weighted by Gasteiger charge is -2.27. The van der Waals surface area contributed by atoms with E-state index in [1.54, 1.807) is 0 Å². The summed E-state index contributed by atoms with van der Waals surface area (Å²) >= 11 is 12.6. The second-order valence-corrected chi connectivity index (χ2v) is 9.71. The van der Waals surface area contributed by atoms with E-state index in [1.165, 1.54) is 19.3 Å². The van der Waals surface area contributed by atoms with E-state index in [0.717, 1.165) is 24.3 Å². The average Bonchev–Trinajstić information content (AvgIpc) is 3.43. The predicted octanol–water partition coefficient (Wildman–Crippen LogP) is 5.31. The van der Waals surface area contributed by atoms with Gasteiger partial charge in [0, 0.05) is 24.0 Å². The summed E-state index contributed by atoms with van der Waals surface area (Å²) in [6, 6.07) is 15.2. The third-order valence-electron chi connectivity index (χ3n) is 6.91. The van der Waals surface area contributed by atoms with Crippen LogP contribution < -0.4 is 10.4 Å². The van der Waals surface area contributed by atoms with Crippen LogP contribution in [0.3, 0.4) is 0 Å². The summed E-state index contributed by atoms with van der Waals surface area (Å²) in [5.74, 6) is 1.19. The molecular formula is C24H26Cl2N4O. The molecule has 2 fully saturated rings. The standard InChI is InChI=1S/C24H26Cl2N4O/c1-15-22(24(31)28-29-13-17-5-4-6-18(17)14-29)27-30(21-8-3-2-7-20(21)26)23(15)16-9-11-19(25)12-10-16/h2-3,7-12,15,17-18,23H,4-6,13-14H2,1H3,(H,28,31)/t15-,17?,18?,23-/m0/s1. The number of carbonyl (C=O) groups is 1. The summed E-state index contributed by atoms with van der Waals surface area (Å²) in [7, 11) is 0. The number of halogens is 2. The summed E-state index contributed by atoms with van der Waals surface area (Å²) in [5.41, 5.74) is 5.48. The fraction of sp³-hybridized carbons (Fsp3) is 0.417. The second kappa shape index (κ2) is 8.45. The molecule has 2 aromatic carbocycles. The first-order chi connectivity index (χ1) is 15.0. The van der Waals surface area contributed by atoms with Crippen LogP contribution in [-0.2, 0) is 4.79 Å². The van der Waals surface area contributed by atoms with Crippen molar-refractivity contribution in [2.24, 2.45) is 22.9 Å². The summed E-state index contributed by atoms with van der Waals surface area (Å²) < 4.78 is 0. The van der Waals surface area contributed by atoms with Gasteiger partial charge < -0.3 is 0 Å². The molecular weight excluding hydrogens is 431 g/mol. The first-order valence-electron chi connectivity index (χ1n) is 10.9. The van der Waals surface area contributed by atoms with Gasteiger partial charge in [-0.2, -0.15) is 5.10 Å². The highest BCUT2D eigenvalue weighted by atomic mass is 35.5. The molecule has 1 N–H and O–H groups in total. The molecule has 162 valence electrons. The van der Waals surface area contributed by atoms with Crippen LogP contribution in [0.1, 0.15) is 37.8 Å². The number of hydrazone groups is 1. The van der Waals surface area contributed by atoms with E-state index < -0.39 is 0 Å². The van der Waals surface area contributed by atoms with Crippen molar-refractivity contribution in [3.8, 4) is 0 Å². The zero-order chi connectivity index (χ0) is 21.5. The molecule has 7 heteroatoms. The molecule has 0 spiro atoms. The molecule has 5 rings (SSSR count). The van der Waals surface area contributed by atoms with Gasteiger partial charge in [-0.05, 0) is 54.5 Å². The summed E-state index contributed by atoms with van der Waals surface area (Å²) in [4.78, 5) is 13.3. The molecule has 0 bridgehead atoms. The third kappa shape index (κ3) is 3.95. The summed E-state index contributed by atoms with van der Waals surface area (Å²) in [5, 5.41) is 10.0. The van der Waals surface area contributed by atoms with Crippen LogP contribution in [0.15, 0.2) is 53.6 Å². The molecule has 2 aromatic rings. The third-order valence-corrected chi connectivity index (χ3v) is 7.48. The number of carbonyl (C=O) groups excluding carboxylic acids is 1. The van der Waals surface area contributed by atoms with E-state index in [9.17, 15) is 4.79 Å². The van der Waals surface area contributed by atoms with E-state index in [-0.39, 0.29) is 17.9 Å². The van der Waals surface area contributed by atoms with Gasteiger partial charge in [0.15, 0.2) is 0 Å². The first kappa shape index (κ1) is 20.8. The van der Waals surface area contributed by atoms with Crippen LogP contribution in [0.25, 0.3) is 0 Å². The minimum Gasteiger partial charge on any atom is -0.284 e. The lowest BCUT2D eigenvalue weighted by Crippen LogP contribution is -2.45. The maximum absolute atomic E-state index is 13.3. The zero-order valence-electron chi connectivity index (χ0n) is 17.5. The maximum atomic E-state index is 13.3. The Morgan fingerprint density at radius 2 is 1.71 bits per heavy atom. The van der Waals surface area contributed by atoms with Gasteiger partial charge >= 0.3 is 0 Å². The normalized spacial score (nSPS) is 28.0. The topological polar surface area (TPSA) is 47.9 Å². The molecule has 2 aliphatic heterocycles. The number of para-hydroxylation sites is 1. The van der Waals surface area contributed by atoms with Crippen molar-refractivity contribution in [1.82, 2.24) is 10.4 Å². The molecule has 1 amide bonds. The van der Waals surface area contributed by atoms with Crippen LogP contribution in [0.4, 0.5) is 5.69 Å². The molecule has 1 saturated carbocycles. The number of anilines is 1. The largest absolute Gasteiger partial charge is 0.284 e. The van der Waals surface area contributed by atoms with E-state index in [1.807, 2.05) is 60.5 Å². The number of amides is 1. The number of benzene rings is 2. The Morgan fingerprint density at radius 1 is 1.03 bits per heavy atom. The van der Waals surface area contributed by atoms with Gasteiger partial charge in [0.2, 0.25) is 0 Å². The molecule has 1 saturated heterocycles. The molecule has 2 heterocycles. The van der Waals surface area contributed by atoms with Gasteiger partial charge in [0.1, 0.15) is 5.71 Å². The van der Waals surface area contributed by atoms with E-state index >= 15 is 0 Å². The van der Waals surface area contributed by atoms with Crippen LogP contribution in [0.2, 0.25) is 10.0 Å². The van der Waals surface area contributed by atoms with Crippen molar-refractivity contribution < 1.29 is 4.79 Å². The summed E-state index contributed by atoms with van der Waals surface area (Å²) in [6.07, 6.45) is 3.86. The Bertz CT molecular complexity index is 997. The highest BCUT2D eigenvalue weighted by molar-refractivity contribution is 6.40. The minimum atomic E-state index is -0.143. The highest BCUT2D eigenvalue weighted by Crippen LogP contribution is 2.42. The quantitative estimate of drug-likeness (QED) is 0.677. The molecule has 0 aromatic heterocycles. The maximum Gasteiger partial charge on any atom is 0.282 e. The Labute approximate surface area is 193 Å². The number of hydrazine groups is 1. The van der Waals surface area contributed by atoms with Gasteiger partial charge in [-0.1, -0.05) is 60.8 Å². The van der Waals surface area contributed by atoms with Gasteiger partial charge in [-0.25, -0.2) is 5.01 Å². The number of nitrogens with zero attached hydrogens (tertiary/aromatic N) is 3. The number of hydrogen-bond acceptors (Lipinski definition) is 4. The average molecular weight is 457 g/mol. The van der Waals surface area contributed by atoms with E-state index in [0.29, 0.717) is 27.6 Å². The van der Waals surface area contributed by atoms with Crippen molar-refractivity contribution in [3.05, 3.63) is 64.1 Å². The molecule has 1 aliphatic carbocycles. The van der Waals surface area contributed by atoms with Crippen molar-refractivity contribution in [3.63, 3.8) is 0 Å². The monoisotopic (exact) mass is 456 g/mol. The lowest BCUT2D eigenvalue weighted by atomic mass is 9.91. The number of hydrogen-bond donors (Lipinski definition) is 1. The second-order valence-electron chi connectivity index (χ2n) is 8.86. The number of nitrogens with one attached hydrogen (secondary N) is 1. The fourth-order valence-corrected chi connectivity index (χ4v) is 5.69. The van der Waals surface area contributed by atoms with Crippen molar-refractivity contribution >= 4 is 40.5 Å². The fourth-order valence-electron chi connectivity index (χ4n) is 5.34. The predicted molar refractivity (Wildman–Crippen MR) is 125 cm³/mol. The molecule has 0 radical (unpaired) electrons. The number of fused-ring (bicyclic) bond motifs is 1. The van der Waals surface area contributed by atoms with E-state index in [4.69, 9.17) is 28.3 Å². The van der Waals surface area contributed by atoms with Gasteiger partial charge in [0.05, 0.1) is 16.8 Å². The Kier molecular flexibility index (Phi) is 5.67. The smallest absolute Gasteiger partial charge is 0.282 e. The Balaban J connectivity index is 1.43. The Hall–Kier alpha value is -2.08. The van der Waals surface area contributed by atoms with Crippen LogP contribution in [0.5, 0.6) is 0 Å². The van der Waals surface area contributed by atoms with Crippen LogP contribution >= 0.6 is 23.2 Å². The van der Waals surface area contributed by atoms with Crippen molar-refractivity contribution in [1.29, 1.82) is 0 Å². The zero-order valence-corrected chi connectivity index (χ0v) is 19.0. The Morgan fingerprint density at radius 3 is 2.39 bits per heavy atom. The van der Waals surface area contributed by atoms with Gasteiger partial charge in [-0.15, -0.1) is 0 Å². The lowest BCUT2D eigenvalue weighted by molar-refractivity contribution is -0.119.